The van der Waals surface area contributed by atoms with Crippen LogP contribution in [-0.4, -0.2) is 117 Å². The van der Waals surface area contributed by atoms with E-state index in [-0.39, 0.29) is 0 Å². The van der Waals surface area contributed by atoms with Crippen LogP contribution in [0.4, 0.5) is 0 Å². The summed E-state index contributed by atoms with van der Waals surface area (Å²) >= 11 is 0. The summed E-state index contributed by atoms with van der Waals surface area (Å²) in [5.74, 6) is 0. The normalized spacial score (nSPS) is 47.8. The van der Waals surface area contributed by atoms with Gasteiger partial charge in [-0.1, -0.05) is 0 Å². The van der Waals surface area contributed by atoms with Gasteiger partial charge < -0.3 is 54.7 Å². The summed E-state index contributed by atoms with van der Waals surface area (Å²) in [6.07, 6.45) is -13.8. The molecule has 11 heteroatoms. The van der Waals surface area contributed by atoms with E-state index in [1.807, 2.05) is 0 Å². The van der Waals surface area contributed by atoms with Gasteiger partial charge >= 0.3 is 0 Å². The third-order valence-corrected chi connectivity index (χ3v) is 4.15. The van der Waals surface area contributed by atoms with E-state index in [1.54, 1.807) is 0 Å². The summed E-state index contributed by atoms with van der Waals surface area (Å²) in [6.45, 7) is -1.09. The van der Waals surface area contributed by atoms with E-state index in [2.05, 4.69) is 0 Å². The van der Waals surface area contributed by atoms with Crippen LogP contribution in [0.15, 0.2) is 0 Å². The van der Waals surface area contributed by atoms with E-state index in [1.165, 1.54) is 7.11 Å². The summed E-state index contributed by atoms with van der Waals surface area (Å²) < 4.78 is 20.2. The Kier molecular flexibility index (Phi) is 6.87. The molecule has 10 unspecified atom stereocenters. The van der Waals surface area contributed by atoms with Crippen molar-refractivity contribution in [2.24, 2.45) is 0 Å². The lowest BCUT2D eigenvalue weighted by Gasteiger charge is -2.40. The van der Waals surface area contributed by atoms with Crippen LogP contribution >= 0.6 is 0 Å². The minimum atomic E-state index is -1.61. The number of methoxy groups -OCH3 is 1. The Morgan fingerprint density at radius 1 is 0.875 bits per heavy atom. The van der Waals surface area contributed by atoms with Gasteiger partial charge in [-0.2, -0.15) is 0 Å². The molecule has 0 saturated carbocycles. The Balaban J connectivity index is 1.90. The number of hydrogen-bond donors (Lipinski definition) is 7. The summed E-state index contributed by atoms with van der Waals surface area (Å²) in [7, 11) is 1.26. The highest BCUT2D eigenvalue weighted by Crippen LogP contribution is 2.26. The van der Waals surface area contributed by atoms with Crippen LogP contribution in [0.1, 0.15) is 0 Å². The summed E-state index contributed by atoms with van der Waals surface area (Å²) in [5, 5.41) is 67.7. The Bertz CT molecular complexity index is 394. The van der Waals surface area contributed by atoms with E-state index < -0.39 is 74.6 Å². The first kappa shape index (κ1) is 19.9. The van der Waals surface area contributed by atoms with Crippen molar-refractivity contribution in [3.8, 4) is 0 Å². The molecule has 0 radical (unpaired) electrons. The van der Waals surface area contributed by atoms with Gasteiger partial charge in [0.25, 0.3) is 0 Å². The zero-order chi connectivity index (χ0) is 18.0. The predicted molar refractivity (Wildman–Crippen MR) is 73.4 cm³/mol. The van der Waals surface area contributed by atoms with Gasteiger partial charge in [-0.25, -0.2) is 0 Å². The lowest BCUT2D eigenvalue weighted by molar-refractivity contribution is -0.307. The second-order valence-electron chi connectivity index (χ2n) is 5.78. The average Bonchev–Trinajstić information content (AvgIpc) is 2.87. The Hall–Kier alpha value is -0.440. The molecular formula is C13H24O11. The first-order chi connectivity index (χ1) is 11.3. The number of aliphatic hydroxyl groups is 7. The van der Waals surface area contributed by atoms with Crippen LogP contribution in [0.5, 0.6) is 0 Å². The quantitative estimate of drug-likeness (QED) is 0.243. The second kappa shape index (κ2) is 8.29. The molecule has 2 aliphatic heterocycles. The zero-order valence-corrected chi connectivity index (χ0v) is 13.0. The van der Waals surface area contributed by atoms with Gasteiger partial charge in [0.2, 0.25) is 0 Å². The van der Waals surface area contributed by atoms with E-state index in [0.29, 0.717) is 0 Å². The zero-order valence-electron chi connectivity index (χ0n) is 13.0. The van der Waals surface area contributed by atoms with Crippen LogP contribution in [0.25, 0.3) is 0 Å². The van der Waals surface area contributed by atoms with Crippen LogP contribution in [0, 0.1) is 0 Å². The molecule has 0 aromatic carbocycles. The van der Waals surface area contributed by atoms with E-state index in [4.69, 9.17) is 24.1 Å². The maximum absolute atomic E-state index is 10.0. The van der Waals surface area contributed by atoms with Crippen LogP contribution in [0.2, 0.25) is 0 Å². The van der Waals surface area contributed by atoms with Crippen molar-refractivity contribution in [2.75, 3.05) is 20.3 Å². The average molecular weight is 356 g/mol. The van der Waals surface area contributed by atoms with Crippen molar-refractivity contribution in [1.29, 1.82) is 0 Å². The number of rotatable bonds is 6. The molecule has 0 spiro atoms. The Morgan fingerprint density at radius 3 is 2.04 bits per heavy atom. The minimum Gasteiger partial charge on any atom is -0.394 e. The predicted octanol–water partition coefficient (Wildman–Crippen LogP) is -4.74. The highest BCUT2D eigenvalue weighted by molar-refractivity contribution is 4.92. The van der Waals surface area contributed by atoms with E-state index in [0.717, 1.165) is 0 Å². The van der Waals surface area contributed by atoms with Gasteiger partial charge in [0, 0.05) is 7.11 Å². The van der Waals surface area contributed by atoms with E-state index in [9.17, 15) is 30.6 Å². The summed E-state index contributed by atoms with van der Waals surface area (Å²) in [4.78, 5) is 0. The fraction of sp³-hybridized carbons (Fsp3) is 1.00. The molecule has 0 aromatic rings. The molecule has 0 bridgehead atoms. The molecule has 7 N–H and O–H groups in total. The van der Waals surface area contributed by atoms with Gasteiger partial charge in [-0.15, -0.1) is 0 Å². The summed E-state index contributed by atoms with van der Waals surface area (Å²) in [5.41, 5.74) is 0. The molecule has 142 valence electrons. The lowest BCUT2D eigenvalue weighted by atomic mass is 9.99. The molecule has 2 heterocycles. The van der Waals surface area contributed by atoms with Gasteiger partial charge in [0.05, 0.1) is 13.2 Å². The van der Waals surface area contributed by atoms with Crippen LogP contribution < -0.4 is 0 Å². The van der Waals surface area contributed by atoms with Gasteiger partial charge in [0.1, 0.15) is 48.8 Å². The number of ether oxygens (including phenoxy) is 4. The molecule has 2 saturated heterocycles. The van der Waals surface area contributed by atoms with Crippen molar-refractivity contribution in [1.82, 2.24) is 0 Å². The van der Waals surface area contributed by atoms with Gasteiger partial charge in [-0.05, 0) is 0 Å². The fourth-order valence-electron chi connectivity index (χ4n) is 2.68. The lowest BCUT2D eigenvalue weighted by Crippen LogP contribution is -2.59. The molecule has 2 aliphatic rings. The largest absolute Gasteiger partial charge is 0.394 e. The fourth-order valence-corrected chi connectivity index (χ4v) is 2.68. The molecule has 11 nitrogen and oxygen atoms in total. The number of hydrogen-bond acceptors (Lipinski definition) is 11. The Morgan fingerprint density at radius 2 is 1.50 bits per heavy atom. The molecule has 2 fully saturated rings. The number of aliphatic hydroxyl groups excluding tert-OH is 7. The van der Waals surface area contributed by atoms with Crippen molar-refractivity contribution in [3.05, 3.63) is 0 Å². The van der Waals surface area contributed by atoms with Gasteiger partial charge in [-0.3, -0.25) is 0 Å². The van der Waals surface area contributed by atoms with Crippen molar-refractivity contribution in [3.63, 3.8) is 0 Å². The SMILES string of the molecule is COC1OC(C(O)COC2OC(CO)C(O)C(O)C2O)C(O)C1O. The summed E-state index contributed by atoms with van der Waals surface area (Å²) in [6, 6.07) is 0. The third-order valence-electron chi connectivity index (χ3n) is 4.15. The van der Waals surface area contributed by atoms with E-state index >= 15 is 0 Å². The smallest absolute Gasteiger partial charge is 0.186 e. The molecular weight excluding hydrogens is 332 g/mol. The second-order valence-corrected chi connectivity index (χ2v) is 5.78. The molecule has 0 amide bonds. The van der Waals surface area contributed by atoms with Crippen molar-refractivity contribution in [2.45, 2.75) is 61.4 Å². The van der Waals surface area contributed by atoms with Crippen molar-refractivity contribution < 1.29 is 54.7 Å². The molecule has 0 aromatic heterocycles. The molecule has 0 aliphatic carbocycles. The monoisotopic (exact) mass is 356 g/mol. The molecule has 10 atom stereocenters. The Labute approximate surface area is 137 Å². The first-order valence-electron chi connectivity index (χ1n) is 7.46. The highest BCUT2D eigenvalue weighted by atomic mass is 16.7. The first-order valence-corrected chi connectivity index (χ1v) is 7.46. The molecule has 24 heavy (non-hydrogen) atoms. The molecule has 2 rings (SSSR count). The van der Waals surface area contributed by atoms with Crippen LogP contribution in [-0.2, 0) is 18.9 Å². The highest BCUT2D eigenvalue weighted by Gasteiger charge is 2.48. The maximum atomic E-state index is 10.0. The standard InChI is InChI=1S/C13H24O11/c1-21-12-10(20)8(18)11(24-12)4(15)3-22-13-9(19)7(17)6(16)5(2-14)23-13/h4-20H,2-3H2,1H3. The van der Waals surface area contributed by atoms with Gasteiger partial charge in [0.15, 0.2) is 12.6 Å². The maximum Gasteiger partial charge on any atom is 0.186 e. The topological polar surface area (TPSA) is 179 Å². The minimum absolute atomic E-state index is 0.479. The van der Waals surface area contributed by atoms with Crippen LogP contribution in [0.3, 0.4) is 0 Å². The third kappa shape index (κ3) is 3.86. The van der Waals surface area contributed by atoms with Crippen molar-refractivity contribution >= 4 is 0 Å².